The third kappa shape index (κ3) is 6.27. The van der Waals surface area contributed by atoms with Crippen LogP contribution in [0, 0.1) is 0 Å². The van der Waals surface area contributed by atoms with Crippen molar-refractivity contribution in [2.75, 3.05) is 32.6 Å². The number of nitrogens with one attached hydrogen (secondary N) is 1. The zero-order valence-electron chi connectivity index (χ0n) is 16.6. The Morgan fingerprint density at radius 2 is 1.79 bits per heavy atom. The number of unbranched alkanes of at least 4 members (excludes halogenated alkanes) is 1. The third-order valence-corrected chi connectivity index (χ3v) is 4.75. The molecule has 0 heterocycles. The second-order valence-corrected chi connectivity index (χ2v) is 7.19. The second-order valence-electron chi connectivity index (χ2n) is 6.37. The van der Waals surface area contributed by atoms with Crippen molar-refractivity contribution in [3.63, 3.8) is 0 Å². The average molecular weight is 439 g/mol. The largest absolute Gasteiger partial charge is 0.493 e. The summed E-state index contributed by atoms with van der Waals surface area (Å²) in [6, 6.07) is 9.86. The predicted molar refractivity (Wildman–Crippen MR) is 115 cm³/mol. The lowest BCUT2D eigenvalue weighted by molar-refractivity contribution is -0.116. The van der Waals surface area contributed by atoms with Crippen LogP contribution >= 0.6 is 23.2 Å². The number of para-hydroxylation sites is 1. The van der Waals surface area contributed by atoms with Gasteiger partial charge in [0.1, 0.15) is 0 Å². The van der Waals surface area contributed by atoms with E-state index in [0.29, 0.717) is 39.4 Å². The second kappa shape index (κ2) is 10.9. The smallest absolute Gasteiger partial charge is 0.254 e. The molecule has 156 valence electrons. The first-order valence-electron chi connectivity index (χ1n) is 9.17. The number of amides is 2. The van der Waals surface area contributed by atoms with Crippen LogP contribution in [0.25, 0.3) is 0 Å². The summed E-state index contributed by atoms with van der Waals surface area (Å²) in [7, 11) is 3.05. The van der Waals surface area contributed by atoms with Crippen molar-refractivity contribution in [1.82, 2.24) is 4.90 Å². The molecule has 0 spiro atoms. The molecule has 2 aromatic carbocycles. The third-order valence-electron chi connectivity index (χ3n) is 4.12. The lowest BCUT2D eigenvalue weighted by Gasteiger charge is -2.18. The van der Waals surface area contributed by atoms with Crippen LogP contribution in [0.1, 0.15) is 30.1 Å². The number of ether oxygens (including phenoxy) is 2. The molecular formula is C21H24Cl2N2O4. The summed E-state index contributed by atoms with van der Waals surface area (Å²) in [5.74, 6) is 0.296. The summed E-state index contributed by atoms with van der Waals surface area (Å²) in [6.45, 7) is 2.48. The molecular weight excluding hydrogens is 415 g/mol. The fraction of sp³-hybridized carbons (Fsp3) is 0.333. The maximum Gasteiger partial charge on any atom is 0.254 e. The number of rotatable bonds is 9. The van der Waals surface area contributed by atoms with E-state index in [-0.39, 0.29) is 12.5 Å². The molecule has 2 aromatic rings. The Labute approximate surface area is 180 Å². The van der Waals surface area contributed by atoms with Gasteiger partial charge in [0.25, 0.3) is 5.91 Å². The van der Waals surface area contributed by atoms with E-state index >= 15 is 0 Å². The van der Waals surface area contributed by atoms with Gasteiger partial charge in [-0.1, -0.05) is 42.6 Å². The van der Waals surface area contributed by atoms with E-state index in [1.54, 1.807) is 36.4 Å². The SMILES string of the molecule is CCCCOc1ccc(C(=O)N(C)CC(=O)Nc2c(Cl)cccc2Cl)cc1OC. The van der Waals surface area contributed by atoms with E-state index in [2.05, 4.69) is 12.2 Å². The van der Waals surface area contributed by atoms with Gasteiger partial charge in [-0.15, -0.1) is 0 Å². The topological polar surface area (TPSA) is 67.9 Å². The molecule has 0 atom stereocenters. The number of nitrogens with zero attached hydrogens (tertiary/aromatic N) is 1. The summed E-state index contributed by atoms with van der Waals surface area (Å²) in [6.07, 6.45) is 1.95. The maximum atomic E-state index is 12.7. The van der Waals surface area contributed by atoms with Crippen LogP contribution in [0.15, 0.2) is 36.4 Å². The van der Waals surface area contributed by atoms with E-state index < -0.39 is 5.91 Å². The maximum absolute atomic E-state index is 12.7. The Hall–Kier alpha value is -2.44. The standard InChI is InChI=1S/C21H24Cl2N2O4/c1-4-5-11-29-17-10-9-14(12-18(17)28-3)21(27)25(2)13-19(26)24-20-15(22)7-6-8-16(20)23/h6-10,12H,4-5,11,13H2,1-3H3,(H,24,26). The molecule has 6 nitrogen and oxygen atoms in total. The van der Waals surface area contributed by atoms with E-state index in [1.165, 1.54) is 19.1 Å². The lowest BCUT2D eigenvalue weighted by atomic mass is 10.1. The van der Waals surface area contributed by atoms with Crippen molar-refractivity contribution in [3.05, 3.63) is 52.0 Å². The van der Waals surface area contributed by atoms with Gasteiger partial charge in [-0.05, 0) is 36.8 Å². The first kappa shape index (κ1) is 22.8. The fourth-order valence-electron chi connectivity index (χ4n) is 2.55. The number of hydrogen-bond donors (Lipinski definition) is 1. The van der Waals surface area contributed by atoms with E-state index in [9.17, 15) is 9.59 Å². The number of likely N-dealkylation sites (N-methyl/N-ethyl adjacent to an activating group) is 1. The number of halogens is 2. The molecule has 2 amide bonds. The first-order chi connectivity index (χ1) is 13.9. The van der Waals surface area contributed by atoms with Gasteiger partial charge in [-0.2, -0.15) is 0 Å². The Balaban J connectivity index is 2.04. The molecule has 2 rings (SSSR count). The Bertz CT molecular complexity index is 854. The lowest BCUT2D eigenvalue weighted by Crippen LogP contribution is -2.35. The van der Waals surface area contributed by atoms with Crippen LogP contribution in [0.2, 0.25) is 10.0 Å². The Morgan fingerprint density at radius 1 is 1.10 bits per heavy atom. The van der Waals surface area contributed by atoms with Crippen LogP contribution < -0.4 is 14.8 Å². The van der Waals surface area contributed by atoms with Gasteiger partial charge in [0, 0.05) is 12.6 Å². The molecule has 0 aliphatic carbocycles. The minimum absolute atomic E-state index is 0.169. The summed E-state index contributed by atoms with van der Waals surface area (Å²) in [5, 5.41) is 3.28. The molecule has 0 unspecified atom stereocenters. The van der Waals surface area contributed by atoms with Gasteiger partial charge in [-0.3, -0.25) is 9.59 Å². The van der Waals surface area contributed by atoms with Crippen molar-refractivity contribution in [2.24, 2.45) is 0 Å². The van der Waals surface area contributed by atoms with Gasteiger partial charge in [0.2, 0.25) is 5.91 Å². The monoisotopic (exact) mass is 438 g/mol. The number of anilines is 1. The average Bonchev–Trinajstić information content (AvgIpc) is 2.70. The van der Waals surface area contributed by atoms with Crippen molar-refractivity contribution in [1.29, 1.82) is 0 Å². The number of carbonyl (C=O) groups is 2. The highest BCUT2D eigenvalue weighted by Crippen LogP contribution is 2.30. The van der Waals surface area contributed by atoms with Crippen molar-refractivity contribution in [2.45, 2.75) is 19.8 Å². The molecule has 8 heteroatoms. The number of methoxy groups -OCH3 is 1. The molecule has 0 fully saturated rings. The molecule has 0 aromatic heterocycles. The highest BCUT2D eigenvalue weighted by molar-refractivity contribution is 6.39. The van der Waals surface area contributed by atoms with Crippen LogP contribution in [0.5, 0.6) is 11.5 Å². The Morgan fingerprint density at radius 3 is 2.41 bits per heavy atom. The minimum Gasteiger partial charge on any atom is -0.493 e. The summed E-state index contributed by atoms with van der Waals surface area (Å²) in [4.78, 5) is 26.3. The van der Waals surface area contributed by atoms with Crippen molar-refractivity contribution in [3.8, 4) is 11.5 Å². The molecule has 0 aliphatic rings. The van der Waals surface area contributed by atoms with E-state index in [0.717, 1.165) is 12.8 Å². The first-order valence-corrected chi connectivity index (χ1v) is 9.93. The minimum atomic E-state index is -0.415. The fourth-order valence-corrected chi connectivity index (χ4v) is 3.04. The summed E-state index contributed by atoms with van der Waals surface area (Å²) in [5.41, 5.74) is 0.702. The molecule has 0 bridgehead atoms. The van der Waals surface area contributed by atoms with Crippen molar-refractivity contribution < 1.29 is 19.1 Å². The van der Waals surface area contributed by atoms with Gasteiger partial charge < -0.3 is 19.7 Å². The molecule has 1 N–H and O–H groups in total. The quantitative estimate of drug-likeness (QED) is 0.565. The number of hydrogen-bond acceptors (Lipinski definition) is 4. The van der Waals surface area contributed by atoms with E-state index in [4.69, 9.17) is 32.7 Å². The summed E-state index contributed by atoms with van der Waals surface area (Å²) >= 11 is 12.1. The number of benzene rings is 2. The van der Waals surface area contributed by atoms with Gasteiger partial charge in [0.05, 0.1) is 36.0 Å². The molecule has 0 saturated carbocycles. The molecule has 0 radical (unpaired) electrons. The van der Waals surface area contributed by atoms with Crippen LogP contribution in [-0.4, -0.2) is 44.0 Å². The van der Waals surface area contributed by atoms with E-state index in [1.807, 2.05) is 0 Å². The number of carbonyl (C=O) groups excluding carboxylic acids is 2. The molecule has 29 heavy (non-hydrogen) atoms. The molecule has 0 aliphatic heterocycles. The van der Waals surface area contributed by atoms with Crippen LogP contribution in [-0.2, 0) is 4.79 Å². The predicted octanol–water partition coefficient (Wildman–Crippen LogP) is 4.89. The highest BCUT2D eigenvalue weighted by Gasteiger charge is 2.18. The van der Waals surface area contributed by atoms with Crippen molar-refractivity contribution >= 4 is 40.7 Å². The zero-order chi connectivity index (χ0) is 21.4. The van der Waals surface area contributed by atoms with Gasteiger partial charge >= 0.3 is 0 Å². The zero-order valence-corrected chi connectivity index (χ0v) is 18.1. The summed E-state index contributed by atoms with van der Waals surface area (Å²) < 4.78 is 11.0. The highest BCUT2D eigenvalue weighted by atomic mass is 35.5. The van der Waals surface area contributed by atoms with Gasteiger partial charge in [-0.25, -0.2) is 0 Å². The normalized spacial score (nSPS) is 10.4. The van der Waals surface area contributed by atoms with Crippen LogP contribution in [0.3, 0.4) is 0 Å². The van der Waals surface area contributed by atoms with Crippen LogP contribution in [0.4, 0.5) is 5.69 Å². The van der Waals surface area contributed by atoms with Gasteiger partial charge in [0.15, 0.2) is 11.5 Å². The Kier molecular flexibility index (Phi) is 8.61. The molecule has 0 saturated heterocycles.